The zero-order valence-corrected chi connectivity index (χ0v) is 20.8. The number of benzene rings is 2. The van der Waals surface area contributed by atoms with Crippen LogP contribution in [0.15, 0.2) is 65.9 Å². The van der Waals surface area contributed by atoms with E-state index in [0.29, 0.717) is 17.8 Å². The molecule has 2 aromatic carbocycles. The molecule has 2 amide bonds. The predicted molar refractivity (Wildman–Crippen MR) is 141 cm³/mol. The maximum atomic E-state index is 13.3. The van der Waals surface area contributed by atoms with E-state index in [1.807, 2.05) is 30.3 Å². The smallest absolute Gasteiger partial charge is 0.262 e. The van der Waals surface area contributed by atoms with E-state index >= 15 is 0 Å². The monoisotopic (exact) mass is 482 g/mol. The fraction of sp³-hybridized carbons (Fsp3) is 0.433. The molecule has 2 N–H and O–H groups in total. The summed E-state index contributed by atoms with van der Waals surface area (Å²) in [6, 6.07) is 17.9. The molecule has 0 aliphatic heterocycles. The molecule has 4 bridgehead atoms. The summed E-state index contributed by atoms with van der Waals surface area (Å²) in [5.74, 6) is 1.86. The first-order valence-electron chi connectivity index (χ1n) is 13.2. The first-order valence-corrected chi connectivity index (χ1v) is 13.2. The molecule has 3 aromatic rings. The minimum Gasteiger partial charge on any atom is -0.344 e. The fourth-order valence-corrected chi connectivity index (χ4v) is 7.36. The third-order valence-corrected chi connectivity index (χ3v) is 8.65. The molecule has 1 atom stereocenters. The van der Waals surface area contributed by atoms with E-state index in [9.17, 15) is 9.59 Å². The highest BCUT2D eigenvalue weighted by Crippen LogP contribution is 2.60. The molecule has 1 unspecified atom stereocenters. The summed E-state index contributed by atoms with van der Waals surface area (Å²) in [6.45, 7) is 2.50. The number of aromatic nitrogens is 1. The van der Waals surface area contributed by atoms with Crippen LogP contribution in [-0.2, 0) is 16.1 Å². The van der Waals surface area contributed by atoms with Crippen molar-refractivity contribution in [1.82, 2.24) is 15.3 Å². The normalized spacial score (nSPS) is 27.4. The van der Waals surface area contributed by atoms with E-state index in [2.05, 4.69) is 50.9 Å². The summed E-state index contributed by atoms with van der Waals surface area (Å²) in [7, 11) is 0. The molecule has 4 aliphatic rings. The minimum absolute atomic E-state index is 0.0669. The highest BCUT2D eigenvalue weighted by molar-refractivity contribution is 6.00. The molecule has 4 aliphatic carbocycles. The Morgan fingerprint density at radius 3 is 2.33 bits per heavy atom. The number of para-hydroxylation sites is 1. The van der Waals surface area contributed by atoms with Crippen molar-refractivity contribution in [1.29, 1.82) is 0 Å². The van der Waals surface area contributed by atoms with Gasteiger partial charge in [0.05, 0.1) is 6.21 Å². The molecular formula is C30H34N4O2. The van der Waals surface area contributed by atoms with E-state index < -0.39 is 6.04 Å². The van der Waals surface area contributed by atoms with E-state index in [-0.39, 0.29) is 17.2 Å². The zero-order valence-electron chi connectivity index (χ0n) is 20.8. The molecule has 4 saturated carbocycles. The third-order valence-electron chi connectivity index (χ3n) is 8.65. The Morgan fingerprint density at radius 2 is 1.64 bits per heavy atom. The average Bonchev–Trinajstić information content (AvgIpc) is 3.21. The van der Waals surface area contributed by atoms with Gasteiger partial charge in [0, 0.05) is 34.6 Å². The van der Waals surface area contributed by atoms with Crippen molar-refractivity contribution in [3.63, 3.8) is 0 Å². The van der Waals surface area contributed by atoms with Crippen LogP contribution in [0.4, 0.5) is 0 Å². The largest absolute Gasteiger partial charge is 0.344 e. The van der Waals surface area contributed by atoms with Gasteiger partial charge in [0.1, 0.15) is 6.04 Å². The highest BCUT2D eigenvalue weighted by Gasteiger charge is 2.54. The average molecular weight is 483 g/mol. The Kier molecular flexibility index (Phi) is 5.90. The number of hydrogen-bond acceptors (Lipinski definition) is 3. The Labute approximate surface area is 212 Å². The number of carbonyl (C=O) groups excluding carboxylic acids is 2. The highest BCUT2D eigenvalue weighted by atomic mass is 16.2. The van der Waals surface area contributed by atoms with Crippen molar-refractivity contribution >= 4 is 28.9 Å². The number of carbonyl (C=O) groups is 2. The topological polar surface area (TPSA) is 75.5 Å². The summed E-state index contributed by atoms with van der Waals surface area (Å²) in [5.41, 5.74) is 5.66. The van der Waals surface area contributed by atoms with E-state index in [4.69, 9.17) is 0 Å². The quantitative estimate of drug-likeness (QED) is 0.373. The summed E-state index contributed by atoms with van der Waals surface area (Å²) in [4.78, 5) is 26.0. The minimum atomic E-state index is -0.623. The Bertz CT molecular complexity index is 1270. The van der Waals surface area contributed by atoms with Crippen LogP contribution in [0.2, 0.25) is 0 Å². The van der Waals surface area contributed by atoms with Gasteiger partial charge in [-0.3, -0.25) is 9.59 Å². The van der Waals surface area contributed by atoms with E-state index in [1.165, 1.54) is 24.8 Å². The van der Waals surface area contributed by atoms with Crippen LogP contribution >= 0.6 is 0 Å². The number of nitrogens with one attached hydrogen (secondary N) is 2. The second kappa shape index (κ2) is 9.23. The summed E-state index contributed by atoms with van der Waals surface area (Å²) in [5, 5.41) is 8.34. The second-order valence-electron chi connectivity index (χ2n) is 11.3. The number of hydrogen-bond donors (Lipinski definition) is 2. The second-order valence-corrected chi connectivity index (χ2v) is 11.3. The van der Waals surface area contributed by atoms with Crippen molar-refractivity contribution in [2.24, 2.45) is 28.3 Å². The third kappa shape index (κ3) is 4.34. The van der Waals surface area contributed by atoms with E-state index in [1.54, 1.807) is 13.1 Å². The van der Waals surface area contributed by atoms with Gasteiger partial charge < -0.3 is 9.88 Å². The molecule has 0 spiro atoms. The molecule has 1 heterocycles. The van der Waals surface area contributed by atoms with Gasteiger partial charge in [0.15, 0.2) is 0 Å². The van der Waals surface area contributed by atoms with Gasteiger partial charge in [0.25, 0.3) is 5.91 Å². The van der Waals surface area contributed by atoms with Crippen molar-refractivity contribution in [3.8, 4) is 0 Å². The molecule has 0 radical (unpaired) electrons. The molecule has 7 rings (SSSR count). The lowest BCUT2D eigenvalue weighted by Gasteiger charge is -2.55. The standard InChI is InChI=1S/C30H34N4O2/c1-20(32-29(36)30-14-22-11-23(15-30)13-24(12-22)16-30)28(35)33-31-17-25-19-34(18-21-7-3-2-4-8-21)27-10-6-5-9-26(25)27/h2-10,17,19-20,22-24H,11-16,18H2,1H3,(H,32,36)(H,33,35). The van der Waals surface area contributed by atoms with Crippen LogP contribution in [0.25, 0.3) is 10.9 Å². The van der Waals surface area contributed by atoms with Crippen molar-refractivity contribution in [2.45, 2.75) is 58.0 Å². The van der Waals surface area contributed by atoms with Gasteiger partial charge in [-0.1, -0.05) is 48.5 Å². The molecule has 0 saturated heterocycles. The van der Waals surface area contributed by atoms with Crippen LogP contribution in [0, 0.1) is 23.2 Å². The number of amides is 2. The van der Waals surface area contributed by atoms with Crippen molar-refractivity contribution in [2.75, 3.05) is 0 Å². The lowest BCUT2D eigenvalue weighted by Crippen LogP contribution is -2.56. The van der Waals surface area contributed by atoms with Crippen LogP contribution in [0.3, 0.4) is 0 Å². The molecule has 1 aromatic heterocycles. The number of nitrogens with zero attached hydrogens (tertiary/aromatic N) is 2. The first kappa shape index (κ1) is 23.0. The first-order chi connectivity index (χ1) is 17.5. The van der Waals surface area contributed by atoms with Gasteiger partial charge in [-0.15, -0.1) is 0 Å². The van der Waals surface area contributed by atoms with Crippen molar-refractivity contribution < 1.29 is 9.59 Å². The molecule has 4 fully saturated rings. The summed E-state index contributed by atoms with van der Waals surface area (Å²) >= 11 is 0. The maximum Gasteiger partial charge on any atom is 0.262 e. The molecule has 6 nitrogen and oxygen atoms in total. The molecular weight excluding hydrogens is 448 g/mol. The maximum absolute atomic E-state index is 13.3. The van der Waals surface area contributed by atoms with Crippen molar-refractivity contribution in [3.05, 3.63) is 71.9 Å². The van der Waals surface area contributed by atoms with Crippen LogP contribution < -0.4 is 10.7 Å². The predicted octanol–water partition coefficient (Wildman–Crippen LogP) is 4.86. The van der Waals surface area contributed by atoms with Crippen LogP contribution in [0.1, 0.15) is 56.6 Å². The summed E-state index contributed by atoms with van der Waals surface area (Å²) in [6.07, 6.45) is 10.6. The Balaban J connectivity index is 1.10. The zero-order chi connectivity index (χ0) is 24.7. The lowest BCUT2D eigenvalue weighted by molar-refractivity contribution is -0.148. The molecule has 36 heavy (non-hydrogen) atoms. The van der Waals surface area contributed by atoms with Gasteiger partial charge in [-0.2, -0.15) is 5.10 Å². The molecule has 186 valence electrons. The van der Waals surface area contributed by atoms with Crippen LogP contribution in [0.5, 0.6) is 0 Å². The number of fused-ring (bicyclic) bond motifs is 1. The van der Waals surface area contributed by atoms with Crippen LogP contribution in [-0.4, -0.2) is 28.6 Å². The van der Waals surface area contributed by atoms with E-state index in [0.717, 1.165) is 42.3 Å². The molecule has 6 heteroatoms. The Morgan fingerprint density at radius 1 is 1.00 bits per heavy atom. The SMILES string of the molecule is CC(NC(=O)C12CC3CC(CC(C3)C1)C2)C(=O)NN=Cc1cn(Cc2ccccc2)c2ccccc12. The fourth-order valence-electron chi connectivity index (χ4n) is 7.36. The van der Waals surface area contributed by atoms with Gasteiger partial charge in [-0.25, -0.2) is 5.43 Å². The van der Waals surface area contributed by atoms with Gasteiger partial charge in [-0.05, 0) is 74.8 Å². The van der Waals surface area contributed by atoms with Gasteiger partial charge >= 0.3 is 0 Å². The number of rotatable bonds is 7. The summed E-state index contributed by atoms with van der Waals surface area (Å²) < 4.78 is 2.20. The Hall–Kier alpha value is -3.41. The number of hydrazone groups is 1. The van der Waals surface area contributed by atoms with Gasteiger partial charge in [0.2, 0.25) is 5.91 Å². The lowest BCUT2D eigenvalue weighted by atomic mass is 9.49.